The fourth-order valence-corrected chi connectivity index (χ4v) is 5.91. The van der Waals surface area contributed by atoms with Crippen LogP contribution in [-0.2, 0) is 19.7 Å². The first kappa shape index (κ1) is 19.4. The number of H-pyrrole nitrogens is 1. The first-order valence-corrected chi connectivity index (χ1v) is 11.1. The van der Waals surface area contributed by atoms with Crippen molar-refractivity contribution in [2.45, 2.75) is 36.9 Å². The average molecular weight is 431 g/mol. The molecule has 3 atom stereocenters. The molecule has 2 N–H and O–H groups in total. The molecular formula is C25H25N3O4. The number of hydrogen-bond donors (Lipinski definition) is 2. The van der Waals surface area contributed by atoms with Crippen LogP contribution < -0.4 is 5.32 Å². The second kappa shape index (κ2) is 7.10. The van der Waals surface area contributed by atoms with Gasteiger partial charge in [-0.2, -0.15) is 0 Å². The van der Waals surface area contributed by atoms with Crippen LogP contribution in [-0.4, -0.2) is 54.3 Å². The number of aromatic amines is 1. The second-order valence-corrected chi connectivity index (χ2v) is 8.76. The minimum atomic E-state index is -0.575. The summed E-state index contributed by atoms with van der Waals surface area (Å²) in [4.78, 5) is 31.6. The molecule has 0 bridgehead atoms. The summed E-state index contributed by atoms with van der Waals surface area (Å²) in [7, 11) is 1.40. The molecule has 1 aromatic heterocycles. The number of carbonyl (C=O) groups excluding carboxylic acids is 2. The van der Waals surface area contributed by atoms with Gasteiger partial charge in [-0.25, -0.2) is 4.79 Å². The maximum absolute atomic E-state index is 13.5. The van der Waals surface area contributed by atoms with Gasteiger partial charge in [-0.3, -0.25) is 4.79 Å². The van der Waals surface area contributed by atoms with Gasteiger partial charge in [0, 0.05) is 35.3 Å². The lowest BCUT2D eigenvalue weighted by Gasteiger charge is -2.34. The molecule has 164 valence electrons. The number of ether oxygens (including phenoxy) is 2. The van der Waals surface area contributed by atoms with Gasteiger partial charge in [-0.15, -0.1) is 0 Å². The molecule has 32 heavy (non-hydrogen) atoms. The zero-order valence-corrected chi connectivity index (χ0v) is 17.9. The number of esters is 1. The van der Waals surface area contributed by atoms with Crippen LogP contribution in [0.3, 0.4) is 0 Å². The van der Waals surface area contributed by atoms with Gasteiger partial charge in [-0.1, -0.05) is 36.4 Å². The molecule has 3 aliphatic heterocycles. The van der Waals surface area contributed by atoms with E-state index in [4.69, 9.17) is 9.47 Å². The van der Waals surface area contributed by atoms with Crippen LogP contribution in [0.15, 0.2) is 48.5 Å². The number of aromatic nitrogens is 1. The summed E-state index contributed by atoms with van der Waals surface area (Å²) in [6.07, 6.45) is 1.66. The van der Waals surface area contributed by atoms with Crippen molar-refractivity contribution in [3.05, 3.63) is 65.4 Å². The van der Waals surface area contributed by atoms with Gasteiger partial charge < -0.3 is 24.7 Å². The minimum absolute atomic E-state index is 0.0224. The normalized spacial score (nSPS) is 26.1. The highest BCUT2D eigenvalue weighted by Gasteiger charge is 2.58. The van der Waals surface area contributed by atoms with E-state index in [1.165, 1.54) is 7.11 Å². The number of nitrogens with one attached hydrogen (secondary N) is 2. The van der Waals surface area contributed by atoms with Crippen LogP contribution in [0.25, 0.3) is 10.9 Å². The van der Waals surface area contributed by atoms with E-state index in [-0.39, 0.29) is 18.2 Å². The number of anilines is 1. The van der Waals surface area contributed by atoms with E-state index in [1.807, 2.05) is 47.4 Å². The molecule has 0 spiro atoms. The molecule has 0 radical (unpaired) electrons. The van der Waals surface area contributed by atoms with Gasteiger partial charge in [-0.05, 0) is 37.0 Å². The van der Waals surface area contributed by atoms with Crippen molar-refractivity contribution in [3.63, 3.8) is 0 Å². The van der Waals surface area contributed by atoms with Crippen LogP contribution in [0.5, 0.6) is 0 Å². The molecule has 0 saturated carbocycles. The summed E-state index contributed by atoms with van der Waals surface area (Å²) in [5.41, 5.74) is 3.73. The fourth-order valence-electron chi connectivity index (χ4n) is 5.91. The zero-order chi connectivity index (χ0) is 21.9. The monoisotopic (exact) mass is 431 g/mol. The topological polar surface area (TPSA) is 83.7 Å². The third-order valence-corrected chi connectivity index (χ3v) is 7.26. The molecule has 1 amide bonds. The summed E-state index contributed by atoms with van der Waals surface area (Å²) in [6.45, 7) is 1.22. The van der Waals surface area contributed by atoms with Crippen molar-refractivity contribution >= 4 is 28.5 Å². The van der Waals surface area contributed by atoms with Gasteiger partial charge in [0.15, 0.2) is 0 Å². The Bertz CT molecular complexity index is 1230. The summed E-state index contributed by atoms with van der Waals surface area (Å²) in [5.74, 6) is -0.383. The Morgan fingerprint density at radius 1 is 1.16 bits per heavy atom. The molecule has 2 saturated heterocycles. The number of carbonyl (C=O) groups is 2. The molecule has 4 heterocycles. The lowest BCUT2D eigenvalue weighted by Crippen LogP contribution is -2.50. The van der Waals surface area contributed by atoms with Gasteiger partial charge in [0.1, 0.15) is 18.0 Å². The number of methoxy groups -OCH3 is 1. The van der Waals surface area contributed by atoms with E-state index in [0.29, 0.717) is 25.3 Å². The number of amides is 1. The van der Waals surface area contributed by atoms with Crippen molar-refractivity contribution in [3.8, 4) is 0 Å². The zero-order valence-electron chi connectivity index (χ0n) is 17.9. The predicted molar refractivity (Wildman–Crippen MR) is 120 cm³/mol. The number of nitrogens with zero attached hydrogens (tertiary/aromatic N) is 1. The summed E-state index contributed by atoms with van der Waals surface area (Å²) in [5, 5.41) is 4.59. The highest BCUT2D eigenvalue weighted by molar-refractivity contribution is 6.00. The molecular weight excluding hydrogens is 406 g/mol. The molecule has 2 fully saturated rings. The van der Waals surface area contributed by atoms with Crippen LogP contribution in [0.2, 0.25) is 0 Å². The Balaban J connectivity index is 1.58. The molecule has 3 aliphatic rings. The highest BCUT2D eigenvalue weighted by atomic mass is 16.5. The highest BCUT2D eigenvalue weighted by Crippen LogP contribution is 2.55. The van der Waals surface area contributed by atoms with Gasteiger partial charge in [0.25, 0.3) is 5.91 Å². The van der Waals surface area contributed by atoms with Crippen LogP contribution >= 0.6 is 0 Å². The minimum Gasteiger partial charge on any atom is -0.464 e. The maximum Gasteiger partial charge on any atom is 0.354 e. The van der Waals surface area contributed by atoms with E-state index in [2.05, 4.69) is 16.4 Å². The molecule has 0 aliphatic carbocycles. The molecule has 1 unspecified atom stereocenters. The predicted octanol–water partition coefficient (Wildman–Crippen LogP) is 3.40. The third-order valence-electron chi connectivity index (χ3n) is 7.26. The third kappa shape index (κ3) is 2.51. The lowest BCUT2D eigenvalue weighted by atomic mass is 9.72. The largest absolute Gasteiger partial charge is 0.464 e. The van der Waals surface area contributed by atoms with Gasteiger partial charge in [0.05, 0.1) is 12.5 Å². The first-order valence-electron chi connectivity index (χ1n) is 11.1. The van der Waals surface area contributed by atoms with E-state index in [0.717, 1.165) is 40.6 Å². The first-order chi connectivity index (χ1) is 15.6. The average Bonchev–Trinajstić information content (AvgIpc) is 3.59. The van der Waals surface area contributed by atoms with E-state index in [9.17, 15) is 9.59 Å². The number of likely N-dealkylation sites (tertiary alicyclic amines) is 1. The Kier molecular flexibility index (Phi) is 4.30. The molecule has 7 nitrogen and oxygen atoms in total. The van der Waals surface area contributed by atoms with Crippen molar-refractivity contribution in [1.82, 2.24) is 9.88 Å². The van der Waals surface area contributed by atoms with E-state index in [1.54, 1.807) is 0 Å². The molecule has 6 rings (SSSR count). The van der Waals surface area contributed by atoms with E-state index < -0.39 is 11.4 Å². The number of benzene rings is 2. The Labute approximate surface area is 185 Å². The number of fused-ring (bicyclic) bond motifs is 4. The Morgan fingerprint density at radius 2 is 1.97 bits per heavy atom. The van der Waals surface area contributed by atoms with Crippen molar-refractivity contribution in [1.29, 1.82) is 0 Å². The van der Waals surface area contributed by atoms with Crippen LogP contribution in [0.4, 0.5) is 5.69 Å². The van der Waals surface area contributed by atoms with Crippen LogP contribution in [0.1, 0.15) is 40.9 Å². The Hall–Kier alpha value is -3.32. The Morgan fingerprint density at radius 3 is 2.78 bits per heavy atom. The molecule has 7 heteroatoms. The number of hydrogen-bond acceptors (Lipinski definition) is 5. The number of para-hydroxylation sites is 2. The smallest absolute Gasteiger partial charge is 0.354 e. The summed E-state index contributed by atoms with van der Waals surface area (Å²) in [6, 6.07) is 16.1. The van der Waals surface area contributed by atoms with Crippen molar-refractivity contribution in [2.75, 3.05) is 25.6 Å². The van der Waals surface area contributed by atoms with Gasteiger partial charge >= 0.3 is 5.97 Å². The molecule has 2 aromatic carbocycles. The molecule has 3 aromatic rings. The summed E-state index contributed by atoms with van der Waals surface area (Å²) < 4.78 is 10.9. The standard InChI is InChI=1S/C25H25N3O4/c1-31-23(30)21-20(15-7-2-4-9-17(15)26-21)25-12-13-28(22(29)19-11-6-14-32-19)24(25)27-18-10-5-3-8-16(18)25/h2-5,7-10,19,24,26-27H,6,11-14H2,1H3/t19?,24-,25-/m1/s1. The SMILES string of the molecule is COC(=O)c1[nH]c2ccccc2c1[C@]12CCN(C(=O)C3CCCO3)[C@H]1Nc1ccccc12. The maximum atomic E-state index is 13.5. The lowest BCUT2D eigenvalue weighted by molar-refractivity contribution is -0.141. The quantitative estimate of drug-likeness (QED) is 0.621. The van der Waals surface area contributed by atoms with Crippen molar-refractivity contribution < 1.29 is 19.1 Å². The number of rotatable bonds is 3. The van der Waals surface area contributed by atoms with Crippen molar-refractivity contribution in [2.24, 2.45) is 0 Å². The van der Waals surface area contributed by atoms with Crippen LogP contribution in [0, 0.1) is 0 Å². The van der Waals surface area contributed by atoms with Gasteiger partial charge in [0.2, 0.25) is 0 Å². The second-order valence-electron chi connectivity index (χ2n) is 8.76. The summed E-state index contributed by atoms with van der Waals surface area (Å²) >= 11 is 0. The van der Waals surface area contributed by atoms with E-state index >= 15 is 0 Å². The fraction of sp³-hybridized carbons (Fsp3) is 0.360.